The Bertz CT molecular complexity index is 1110. The van der Waals surface area contributed by atoms with Crippen LogP contribution in [0.2, 0.25) is 0 Å². The predicted octanol–water partition coefficient (Wildman–Crippen LogP) is 4.58. The molecule has 0 saturated carbocycles. The molecule has 0 heterocycles. The van der Waals surface area contributed by atoms with E-state index in [4.69, 9.17) is 4.74 Å². The van der Waals surface area contributed by atoms with Gasteiger partial charge in [0.1, 0.15) is 10.6 Å². The maximum atomic E-state index is 12.3. The highest BCUT2D eigenvalue weighted by molar-refractivity contribution is 7.86. The standard InChI is InChI=1S/C20H20O5S/c1-4-20(2,3)19(21)25-15-10-9-14-11-13-7-5-6-8-16(13)18(17(14)12-15)26(22,23)24/h5-12H,4H2,1-3H3,(H,22,23,24). The Balaban J connectivity index is 2.23. The van der Waals surface area contributed by atoms with Gasteiger partial charge in [-0.15, -0.1) is 0 Å². The molecule has 0 amide bonds. The Morgan fingerprint density at radius 1 is 1.04 bits per heavy atom. The number of hydrogen-bond donors (Lipinski definition) is 1. The van der Waals surface area contributed by atoms with Crippen molar-refractivity contribution in [3.8, 4) is 5.75 Å². The van der Waals surface area contributed by atoms with Crippen molar-refractivity contribution >= 4 is 37.6 Å². The Morgan fingerprint density at radius 2 is 1.69 bits per heavy atom. The molecular formula is C20H20O5S. The highest BCUT2D eigenvalue weighted by Crippen LogP contribution is 2.34. The molecule has 0 aromatic heterocycles. The summed E-state index contributed by atoms with van der Waals surface area (Å²) in [5, 5.41) is 2.06. The fourth-order valence-electron chi connectivity index (χ4n) is 2.73. The second-order valence-corrected chi connectivity index (χ2v) is 8.27. The predicted molar refractivity (Wildman–Crippen MR) is 101 cm³/mol. The van der Waals surface area contributed by atoms with E-state index in [1.165, 1.54) is 6.07 Å². The molecule has 3 rings (SSSR count). The van der Waals surface area contributed by atoms with Crippen LogP contribution in [0, 0.1) is 5.41 Å². The van der Waals surface area contributed by atoms with Crippen LogP contribution in [0.1, 0.15) is 27.2 Å². The molecule has 3 aromatic rings. The third kappa shape index (κ3) is 3.30. The number of fused-ring (bicyclic) bond motifs is 2. The summed E-state index contributed by atoms with van der Waals surface area (Å²) < 4.78 is 39.3. The topological polar surface area (TPSA) is 80.7 Å². The van der Waals surface area contributed by atoms with Gasteiger partial charge >= 0.3 is 5.97 Å². The van der Waals surface area contributed by atoms with E-state index in [2.05, 4.69) is 0 Å². The summed E-state index contributed by atoms with van der Waals surface area (Å²) in [4.78, 5) is 12.1. The molecule has 1 N–H and O–H groups in total. The zero-order valence-corrected chi connectivity index (χ0v) is 15.6. The highest BCUT2D eigenvalue weighted by atomic mass is 32.2. The first-order valence-corrected chi connectivity index (χ1v) is 9.73. The summed E-state index contributed by atoms with van der Waals surface area (Å²) in [7, 11) is -4.47. The van der Waals surface area contributed by atoms with Crippen molar-refractivity contribution in [3.63, 3.8) is 0 Å². The van der Waals surface area contributed by atoms with Gasteiger partial charge < -0.3 is 4.74 Å². The van der Waals surface area contributed by atoms with Crippen molar-refractivity contribution < 1.29 is 22.5 Å². The summed E-state index contributed by atoms with van der Waals surface area (Å²) in [6.45, 7) is 5.46. The lowest BCUT2D eigenvalue weighted by Gasteiger charge is -2.20. The summed E-state index contributed by atoms with van der Waals surface area (Å²) in [6.07, 6.45) is 0.611. The summed E-state index contributed by atoms with van der Waals surface area (Å²) >= 11 is 0. The van der Waals surface area contributed by atoms with Gasteiger partial charge in [-0.05, 0) is 49.2 Å². The number of carbonyl (C=O) groups is 1. The van der Waals surface area contributed by atoms with Gasteiger partial charge in [-0.2, -0.15) is 8.42 Å². The van der Waals surface area contributed by atoms with Crippen molar-refractivity contribution in [1.29, 1.82) is 0 Å². The average Bonchev–Trinajstić information content (AvgIpc) is 2.58. The molecule has 0 radical (unpaired) electrons. The largest absolute Gasteiger partial charge is 0.426 e. The zero-order chi connectivity index (χ0) is 19.1. The molecule has 0 bridgehead atoms. The minimum atomic E-state index is -4.47. The first-order chi connectivity index (χ1) is 12.1. The van der Waals surface area contributed by atoms with E-state index in [0.717, 1.165) is 0 Å². The molecule has 6 heteroatoms. The van der Waals surface area contributed by atoms with Crippen LogP contribution in [-0.4, -0.2) is 18.9 Å². The van der Waals surface area contributed by atoms with Crippen molar-refractivity contribution in [2.45, 2.75) is 32.1 Å². The molecule has 0 spiro atoms. The molecule has 0 fully saturated rings. The van der Waals surface area contributed by atoms with E-state index in [-0.39, 0.29) is 10.6 Å². The normalized spacial score (nSPS) is 12.5. The Hall–Kier alpha value is -2.44. The number of esters is 1. The van der Waals surface area contributed by atoms with Crippen molar-refractivity contribution in [2.24, 2.45) is 5.41 Å². The molecule has 0 aliphatic heterocycles. The average molecular weight is 372 g/mol. The van der Waals surface area contributed by atoms with E-state index in [1.807, 2.05) is 13.0 Å². The molecular weight excluding hydrogens is 352 g/mol. The monoisotopic (exact) mass is 372 g/mol. The maximum Gasteiger partial charge on any atom is 0.316 e. The fraction of sp³-hybridized carbons (Fsp3) is 0.250. The summed E-state index contributed by atoms with van der Waals surface area (Å²) in [5.74, 6) is -0.155. The van der Waals surface area contributed by atoms with E-state index in [0.29, 0.717) is 28.0 Å². The molecule has 0 atom stereocenters. The smallest absolute Gasteiger partial charge is 0.316 e. The van der Waals surface area contributed by atoms with Crippen molar-refractivity contribution in [1.82, 2.24) is 0 Å². The van der Waals surface area contributed by atoms with Crippen LogP contribution in [0.4, 0.5) is 0 Å². The first-order valence-electron chi connectivity index (χ1n) is 8.29. The van der Waals surface area contributed by atoms with E-state index in [9.17, 15) is 17.8 Å². The van der Waals surface area contributed by atoms with Crippen molar-refractivity contribution in [2.75, 3.05) is 0 Å². The molecule has 0 unspecified atom stereocenters. The molecule has 0 saturated heterocycles. The Labute approximate surface area is 152 Å². The molecule has 136 valence electrons. The number of hydrogen-bond acceptors (Lipinski definition) is 4. The van der Waals surface area contributed by atoms with Crippen LogP contribution in [0.15, 0.2) is 53.4 Å². The quantitative estimate of drug-likeness (QED) is 0.314. The number of rotatable bonds is 4. The van der Waals surface area contributed by atoms with Crippen molar-refractivity contribution in [3.05, 3.63) is 48.5 Å². The SMILES string of the molecule is CCC(C)(C)C(=O)Oc1ccc2cc3ccccc3c(S(=O)(=O)O)c2c1. The third-order valence-corrected chi connectivity index (χ3v) is 5.65. The summed E-state index contributed by atoms with van der Waals surface area (Å²) in [5.41, 5.74) is -0.649. The lowest BCUT2D eigenvalue weighted by atomic mass is 9.91. The lowest BCUT2D eigenvalue weighted by molar-refractivity contribution is -0.144. The van der Waals surface area contributed by atoms with E-state index < -0.39 is 21.5 Å². The first kappa shape index (κ1) is 18.4. The number of ether oxygens (including phenoxy) is 1. The van der Waals surface area contributed by atoms with Gasteiger partial charge in [0.15, 0.2) is 0 Å². The minimum Gasteiger partial charge on any atom is -0.426 e. The third-order valence-electron chi connectivity index (χ3n) is 4.69. The maximum absolute atomic E-state index is 12.3. The van der Waals surface area contributed by atoms with Crippen LogP contribution in [0.3, 0.4) is 0 Å². The zero-order valence-electron chi connectivity index (χ0n) is 14.8. The van der Waals surface area contributed by atoms with E-state index >= 15 is 0 Å². The molecule has 26 heavy (non-hydrogen) atoms. The lowest BCUT2D eigenvalue weighted by Crippen LogP contribution is -2.28. The second kappa shape index (κ2) is 6.37. The Kier molecular flexibility index (Phi) is 4.50. The van der Waals surface area contributed by atoms with E-state index in [1.54, 1.807) is 50.2 Å². The van der Waals surface area contributed by atoms with Crippen LogP contribution in [-0.2, 0) is 14.9 Å². The van der Waals surface area contributed by atoms with Gasteiger partial charge in [-0.1, -0.05) is 37.3 Å². The van der Waals surface area contributed by atoms with Crippen LogP contribution < -0.4 is 4.74 Å². The minimum absolute atomic E-state index is 0.182. The highest BCUT2D eigenvalue weighted by Gasteiger charge is 2.28. The second-order valence-electron chi connectivity index (χ2n) is 6.91. The van der Waals surface area contributed by atoms with Crippen LogP contribution >= 0.6 is 0 Å². The van der Waals surface area contributed by atoms with Gasteiger partial charge in [0, 0.05) is 10.8 Å². The van der Waals surface area contributed by atoms with Gasteiger partial charge in [0.05, 0.1) is 5.41 Å². The van der Waals surface area contributed by atoms with Crippen LogP contribution in [0.25, 0.3) is 21.5 Å². The molecule has 0 aliphatic rings. The molecule has 3 aromatic carbocycles. The fourth-order valence-corrected chi connectivity index (χ4v) is 3.65. The summed E-state index contributed by atoms with van der Waals surface area (Å²) in [6, 6.07) is 13.5. The van der Waals surface area contributed by atoms with Gasteiger partial charge in [-0.3, -0.25) is 9.35 Å². The number of benzene rings is 3. The van der Waals surface area contributed by atoms with Crippen LogP contribution in [0.5, 0.6) is 5.75 Å². The number of carbonyl (C=O) groups excluding carboxylic acids is 1. The van der Waals surface area contributed by atoms with Gasteiger partial charge in [-0.25, -0.2) is 0 Å². The molecule has 0 aliphatic carbocycles. The van der Waals surface area contributed by atoms with Gasteiger partial charge in [0.25, 0.3) is 10.1 Å². The molecule has 5 nitrogen and oxygen atoms in total. The van der Waals surface area contributed by atoms with Gasteiger partial charge in [0.2, 0.25) is 0 Å². The Morgan fingerprint density at radius 3 is 2.35 bits per heavy atom.